The Morgan fingerprint density at radius 3 is 2.23 bits per heavy atom. The van der Waals surface area contributed by atoms with Crippen molar-refractivity contribution in [3.05, 3.63) is 35.1 Å². The molecule has 0 aliphatic carbocycles. The molecule has 2 aromatic rings. The van der Waals surface area contributed by atoms with Crippen molar-refractivity contribution in [2.45, 2.75) is 26.2 Å². The van der Waals surface area contributed by atoms with Crippen molar-refractivity contribution in [2.24, 2.45) is 0 Å². The number of rotatable bonds is 2. The minimum atomic E-state index is -0.151. The number of aromatic nitrogens is 2. The minimum Gasteiger partial charge on any atom is -0.366 e. The molecule has 0 bridgehead atoms. The fourth-order valence-corrected chi connectivity index (χ4v) is 3.45. The Morgan fingerprint density at radius 2 is 1.64 bits per heavy atom. The maximum absolute atomic E-state index is 13.9. The van der Waals surface area contributed by atoms with E-state index in [9.17, 15) is 4.39 Å². The number of piperazine rings is 1. The predicted octanol–water partition coefficient (Wildman–Crippen LogP) is 3.30. The fraction of sp³-hybridized carbons (Fsp3) is 0.500. The lowest BCUT2D eigenvalue weighted by atomic mass is 9.98. The Kier molecular flexibility index (Phi) is 4.04. The third kappa shape index (κ3) is 3.06. The molecule has 0 saturated carbocycles. The Morgan fingerprint density at radius 1 is 1.00 bits per heavy atom. The summed E-state index contributed by atoms with van der Waals surface area (Å²) in [6.07, 6.45) is 0. The lowest BCUT2D eigenvalue weighted by molar-refractivity contribution is 0.577. The first-order chi connectivity index (χ1) is 10.4. The topological polar surface area (TPSA) is 32.3 Å². The van der Waals surface area contributed by atoms with Crippen LogP contribution < -0.4 is 9.80 Å². The van der Waals surface area contributed by atoms with Crippen molar-refractivity contribution in [3.8, 4) is 0 Å². The molecule has 6 heteroatoms. The summed E-state index contributed by atoms with van der Waals surface area (Å²) < 4.78 is 13.9. The summed E-state index contributed by atoms with van der Waals surface area (Å²) in [4.78, 5) is 4.34. The number of halogens is 1. The SMILES string of the molecule is CC(C)(C)c1nnc(N2CCN(c3ccccc3F)CC2)s1. The molecule has 1 fully saturated rings. The number of anilines is 2. The highest BCUT2D eigenvalue weighted by Gasteiger charge is 2.24. The Bertz CT molecular complexity index is 642. The molecule has 1 aliphatic rings. The zero-order valence-corrected chi connectivity index (χ0v) is 14.0. The van der Waals surface area contributed by atoms with E-state index in [1.165, 1.54) is 6.07 Å². The lowest BCUT2D eigenvalue weighted by Gasteiger charge is -2.35. The number of benzene rings is 1. The van der Waals surface area contributed by atoms with Gasteiger partial charge < -0.3 is 9.80 Å². The molecule has 0 unspecified atom stereocenters. The molecule has 0 atom stereocenters. The van der Waals surface area contributed by atoms with Gasteiger partial charge in [-0.05, 0) is 12.1 Å². The summed E-state index contributed by atoms with van der Waals surface area (Å²) in [6.45, 7) is 9.71. The number of nitrogens with zero attached hydrogens (tertiary/aromatic N) is 4. The van der Waals surface area contributed by atoms with Gasteiger partial charge in [0.2, 0.25) is 5.13 Å². The second-order valence-electron chi connectivity index (χ2n) is 6.57. The number of para-hydroxylation sites is 1. The molecule has 1 aromatic heterocycles. The molecule has 0 N–H and O–H groups in total. The van der Waals surface area contributed by atoms with Crippen LogP contribution in [-0.4, -0.2) is 36.4 Å². The van der Waals surface area contributed by atoms with Gasteiger partial charge >= 0.3 is 0 Å². The van der Waals surface area contributed by atoms with Gasteiger partial charge in [0.05, 0.1) is 5.69 Å². The van der Waals surface area contributed by atoms with Crippen LogP contribution in [0, 0.1) is 5.82 Å². The zero-order valence-electron chi connectivity index (χ0n) is 13.2. The van der Waals surface area contributed by atoms with Crippen molar-refractivity contribution in [1.29, 1.82) is 0 Å². The van der Waals surface area contributed by atoms with Crippen molar-refractivity contribution in [1.82, 2.24) is 10.2 Å². The Balaban J connectivity index is 1.67. The summed E-state index contributed by atoms with van der Waals surface area (Å²) in [5.41, 5.74) is 0.722. The van der Waals surface area contributed by atoms with Crippen molar-refractivity contribution >= 4 is 22.2 Å². The van der Waals surface area contributed by atoms with Gasteiger partial charge in [0.1, 0.15) is 10.8 Å². The van der Waals surface area contributed by atoms with Crippen LogP contribution >= 0.6 is 11.3 Å². The van der Waals surface area contributed by atoms with Gasteiger partial charge in [-0.2, -0.15) is 0 Å². The molecular weight excluding hydrogens is 299 g/mol. The molecular formula is C16H21FN4S. The van der Waals surface area contributed by atoms with E-state index < -0.39 is 0 Å². The lowest BCUT2D eigenvalue weighted by Crippen LogP contribution is -2.46. The largest absolute Gasteiger partial charge is 0.366 e. The van der Waals surface area contributed by atoms with E-state index in [4.69, 9.17) is 0 Å². The molecule has 1 aliphatic heterocycles. The van der Waals surface area contributed by atoms with E-state index in [0.29, 0.717) is 5.69 Å². The average Bonchev–Trinajstić information content (AvgIpc) is 2.98. The quantitative estimate of drug-likeness (QED) is 0.850. The van der Waals surface area contributed by atoms with Crippen LogP contribution in [0.1, 0.15) is 25.8 Å². The van der Waals surface area contributed by atoms with E-state index in [-0.39, 0.29) is 11.2 Å². The van der Waals surface area contributed by atoms with Crippen molar-refractivity contribution in [3.63, 3.8) is 0 Å². The summed E-state index contributed by atoms with van der Waals surface area (Å²) in [6, 6.07) is 6.96. The third-order valence-electron chi connectivity index (χ3n) is 3.80. The molecule has 2 heterocycles. The van der Waals surface area contributed by atoms with Crippen LogP contribution in [-0.2, 0) is 5.41 Å². The number of hydrogen-bond acceptors (Lipinski definition) is 5. The average molecular weight is 320 g/mol. The minimum absolute atomic E-state index is 0.0326. The maximum Gasteiger partial charge on any atom is 0.208 e. The highest BCUT2D eigenvalue weighted by atomic mass is 32.1. The third-order valence-corrected chi connectivity index (χ3v) is 5.21. The summed E-state index contributed by atoms with van der Waals surface area (Å²) in [5, 5.41) is 10.7. The smallest absolute Gasteiger partial charge is 0.208 e. The van der Waals surface area contributed by atoms with Crippen LogP contribution in [0.4, 0.5) is 15.2 Å². The van der Waals surface area contributed by atoms with E-state index >= 15 is 0 Å². The molecule has 0 amide bonds. The molecule has 4 nitrogen and oxygen atoms in total. The molecule has 1 saturated heterocycles. The predicted molar refractivity (Wildman–Crippen MR) is 89.4 cm³/mol. The first-order valence-electron chi connectivity index (χ1n) is 7.53. The van der Waals surface area contributed by atoms with Crippen LogP contribution in [0.5, 0.6) is 0 Å². The van der Waals surface area contributed by atoms with Crippen molar-refractivity contribution in [2.75, 3.05) is 36.0 Å². The molecule has 0 spiro atoms. The summed E-state index contributed by atoms with van der Waals surface area (Å²) >= 11 is 1.66. The first-order valence-corrected chi connectivity index (χ1v) is 8.35. The van der Waals surface area contributed by atoms with E-state index in [2.05, 4.69) is 40.8 Å². The van der Waals surface area contributed by atoms with E-state index in [0.717, 1.165) is 36.3 Å². The second-order valence-corrected chi connectivity index (χ2v) is 7.52. The molecule has 3 rings (SSSR count). The van der Waals surface area contributed by atoms with Gasteiger partial charge in [0, 0.05) is 31.6 Å². The molecule has 0 radical (unpaired) electrons. The Hall–Kier alpha value is -1.69. The monoisotopic (exact) mass is 320 g/mol. The van der Waals surface area contributed by atoms with Crippen LogP contribution in [0.25, 0.3) is 0 Å². The summed E-state index contributed by atoms with van der Waals surface area (Å²) in [7, 11) is 0. The highest BCUT2D eigenvalue weighted by Crippen LogP contribution is 2.30. The second kappa shape index (κ2) is 5.83. The van der Waals surface area contributed by atoms with Gasteiger partial charge in [0.25, 0.3) is 0 Å². The van der Waals surface area contributed by atoms with Crippen molar-refractivity contribution < 1.29 is 4.39 Å². The molecule has 22 heavy (non-hydrogen) atoms. The number of hydrogen-bond donors (Lipinski definition) is 0. The molecule has 118 valence electrons. The van der Waals surface area contributed by atoms with Gasteiger partial charge in [-0.1, -0.05) is 44.2 Å². The van der Waals surface area contributed by atoms with Crippen LogP contribution in [0.15, 0.2) is 24.3 Å². The van der Waals surface area contributed by atoms with E-state index in [1.807, 2.05) is 12.1 Å². The van der Waals surface area contributed by atoms with Crippen LogP contribution in [0.3, 0.4) is 0 Å². The molecule has 1 aromatic carbocycles. The first kappa shape index (κ1) is 15.2. The standard InChI is InChI=1S/C16H21FN4S/c1-16(2,3)14-18-19-15(22-14)21-10-8-20(9-11-21)13-7-5-4-6-12(13)17/h4-7H,8-11H2,1-3H3. The normalized spacial score (nSPS) is 16.2. The van der Waals surface area contributed by atoms with E-state index in [1.54, 1.807) is 17.4 Å². The maximum atomic E-state index is 13.9. The van der Waals surface area contributed by atoms with Gasteiger partial charge in [-0.3, -0.25) is 0 Å². The summed E-state index contributed by atoms with van der Waals surface area (Å²) in [5.74, 6) is -0.151. The van der Waals surface area contributed by atoms with Crippen LogP contribution in [0.2, 0.25) is 0 Å². The zero-order chi connectivity index (χ0) is 15.7. The fourth-order valence-electron chi connectivity index (χ4n) is 2.49. The van der Waals surface area contributed by atoms with Gasteiger partial charge in [0.15, 0.2) is 0 Å². The van der Waals surface area contributed by atoms with Gasteiger partial charge in [-0.15, -0.1) is 10.2 Å². The highest BCUT2D eigenvalue weighted by molar-refractivity contribution is 7.15. The van der Waals surface area contributed by atoms with Gasteiger partial charge in [-0.25, -0.2) is 4.39 Å². The Labute approximate surface area is 134 Å².